The number of hydrogen-bond donors (Lipinski definition) is 2. The minimum Gasteiger partial charge on any atom is -0.423 e. The smallest absolute Gasteiger partial charge is 0.341 e. The monoisotopic (exact) mass is 535 g/mol. The largest absolute Gasteiger partial charge is 0.423 e. The van der Waals surface area contributed by atoms with Crippen LogP contribution in [-0.2, 0) is 9.59 Å². The summed E-state index contributed by atoms with van der Waals surface area (Å²) in [6.45, 7) is 8.12. The van der Waals surface area contributed by atoms with E-state index in [1.54, 1.807) is 12.1 Å². The highest BCUT2D eigenvalue weighted by Crippen LogP contribution is 2.38. The van der Waals surface area contributed by atoms with Gasteiger partial charge in [0.25, 0.3) is 0 Å². The van der Waals surface area contributed by atoms with E-state index in [9.17, 15) is 19.8 Å². The number of pyridine rings is 1. The fraction of sp³-hybridized carbons (Fsp3) is 0.469. The number of aliphatic hydroxyl groups is 2. The van der Waals surface area contributed by atoms with Crippen molar-refractivity contribution in [2.75, 3.05) is 13.2 Å². The Kier molecular flexibility index (Phi) is 11.9. The highest BCUT2D eigenvalue weighted by Gasteiger charge is 2.22. The van der Waals surface area contributed by atoms with Gasteiger partial charge in [0, 0.05) is 17.8 Å². The Morgan fingerprint density at radius 3 is 1.97 bits per heavy atom. The maximum absolute atomic E-state index is 12.2. The van der Waals surface area contributed by atoms with E-state index in [4.69, 9.17) is 9.47 Å². The van der Waals surface area contributed by atoms with Crippen molar-refractivity contribution < 1.29 is 29.3 Å². The molecule has 1 aromatic heterocycles. The number of unbranched alkanes of at least 4 members (excludes halogenated alkanes) is 4. The van der Waals surface area contributed by atoms with Crippen molar-refractivity contribution in [2.24, 2.45) is 5.92 Å². The standard InChI is InChI=1S/C32H41NO6/c1-4-5-6-7-8-9-24-10-12-25(13-11-24)26-14-15-30(33-19-26)27-16-28(38-31(36)22(2)20-34)18-29(17-27)39-32(37)23(3)21-35/h14-19,24-25,34-35H,2-13,20-21H2,1H3. The summed E-state index contributed by atoms with van der Waals surface area (Å²) in [6.07, 6.45) is 14.8. The second kappa shape index (κ2) is 15.3. The lowest BCUT2D eigenvalue weighted by atomic mass is 9.77. The molecule has 0 bridgehead atoms. The molecule has 1 saturated carbocycles. The van der Waals surface area contributed by atoms with Gasteiger partial charge >= 0.3 is 11.9 Å². The number of nitrogens with zero attached hydrogens (tertiary/aromatic N) is 1. The Bertz CT molecular complexity index is 1080. The predicted octanol–water partition coefficient (Wildman–Crippen LogP) is 6.29. The van der Waals surface area contributed by atoms with Gasteiger partial charge in [0.05, 0.1) is 30.1 Å². The summed E-state index contributed by atoms with van der Waals surface area (Å²) in [7, 11) is 0. The van der Waals surface area contributed by atoms with E-state index in [1.807, 2.05) is 12.3 Å². The lowest BCUT2D eigenvalue weighted by Crippen LogP contribution is -2.14. The summed E-state index contributed by atoms with van der Waals surface area (Å²) < 4.78 is 10.6. The summed E-state index contributed by atoms with van der Waals surface area (Å²) in [5.74, 6) is -0.0591. The molecule has 39 heavy (non-hydrogen) atoms. The van der Waals surface area contributed by atoms with Crippen LogP contribution in [0.4, 0.5) is 0 Å². The molecule has 1 heterocycles. The highest BCUT2D eigenvalue weighted by molar-refractivity contribution is 5.91. The van der Waals surface area contributed by atoms with Gasteiger partial charge in [-0.05, 0) is 61.3 Å². The van der Waals surface area contributed by atoms with Crippen LogP contribution in [0, 0.1) is 5.92 Å². The van der Waals surface area contributed by atoms with Gasteiger partial charge in [0.1, 0.15) is 11.5 Å². The van der Waals surface area contributed by atoms with Crippen molar-refractivity contribution in [1.82, 2.24) is 4.98 Å². The molecule has 7 heteroatoms. The Labute approximate surface area is 231 Å². The lowest BCUT2D eigenvalue weighted by molar-refractivity contribution is -0.131. The van der Waals surface area contributed by atoms with Crippen LogP contribution < -0.4 is 9.47 Å². The second-order valence-electron chi connectivity index (χ2n) is 10.4. The van der Waals surface area contributed by atoms with Crippen LogP contribution in [-0.4, -0.2) is 40.3 Å². The van der Waals surface area contributed by atoms with Crippen LogP contribution in [0.25, 0.3) is 11.3 Å². The van der Waals surface area contributed by atoms with E-state index in [-0.39, 0.29) is 22.6 Å². The normalized spacial score (nSPS) is 16.9. The van der Waals surface area contributed by atoms with Gasteiger partial charge in [0.15, 0.2) is 0 Å². The number of esters is 2. The molecule has 0 spiro atoms. The Morgan fingerprint density at radius 2 is 1.46 bits per heavy atom. The summed E-state index contributed by atoms with van der Waals surface area (Å²) in [6, 6.07) is 8.58. The van der Waals surface area contributed by atoms with E-state index in [0.717, 1.165) is 5.92 Å². The zero-order valence-electron chi connectivity index (χ0n) is 23.0. The molecular formula is C32H41NO6. The fourth-order valence-electron chi connectivity index (χ4n) is 4.96. The zero-order valence-corrected chi connectivity index (χ0v) is 23.0. The summed E-state index contributed by atoms with van der Waals surface area (Å²) >= 11 is 0. The maximum Gasteiger partial charge on any atom is 0.341 e. The van der Waals surface area contributed by atoms with E-state index in [0.29, 0.717) is 17.2 Å². The van der Waals surface area contributed by atoms with Crippen LogP contribution in [0.1, 0.15) is 82.6 Å². The average Bonchev–Trinajstić information content (AvgIpc) is 2.96. The van der Waals surface area contributed by atoms with Crippen LogP contribution in [0.2, 0.25) is 0 Å². The Hall–Kier alpha value is -3.29. The third kappa shape index (κ3) is 9.15. The number of hydrogen-bond acceptors (Lipinski definition) is 7. The fourth-order valence-corrected chi connectivity index (χ4v) is 4.96. The zero-order chi connectivity index (χ0) is 28.2. The number of ether oxygens (including phenoxy) is 2. The van der Waals surface area contributed by atoms with Crippen LogP contribution in [0.5, 0.6) is 11.5 Å². The van der Waals surface area contributed by atoms with Gasteiger partial charge in [-0.3, -0.25) is 4.98 Å². The first kappa shape index (κ1) is 30.3. The number of carbonyl (C=O) groups excluding carboxylic acids is 2. The highest BCUT2D eigenvalue weighted by atomic mass is 16.5. The number of benzene rings is 1. The molecule has 0 radical (unpaired) electrons. The molecule has 2 aromatic rings. The van der Waals surface area contributed by atoms with Crippen molar-refractivity contribution in [3.05, 3.63) is 66.4 Å². The molecule has 0 amide bonds. The van der Waals surface area contributed by atoms with Crippen LogP contribution in [0.15, 0.2) is 60.8 Å². The van der Waals surface area contributed by atoms with Crippen LogP contribution in [0.3, 0.4) is 0 Å². The second-order valence-corrected chi connectivity index (χ2v) is 10.4. The van der Waals surface area contributed by atoms with Crippen molar-refractivity contribution >= 4 is 11.9 Å². The number of aliphatic hydroxyl groups excluding tert-OH is 2. The first-order chi connectivity index (χ1) is 18.8. The van der Waals surface area contributed by atoms with Gasteiger partial charge in [-0.15, -0.1) is 0 Å². The Balaban J connectivity index is 1.70. The van der Waals surface area contributed by atoms with Crippen molar-refractivity contribution in [3.63, 3.8) is 0 Å². The minimum atomic E-state index is -0.799. The molecule has 1 aliphatic rings. The first-order valence-corrected chi connectivity index (χ1v) is 14.0. The SMILES string of the molecule is C=C(CO)C(=O)Oc1cc(OC(=O)C(=C)CO)cc(-c2ccc(C3CCC(CCCCCCC)CC3)cn2)c1. The molecular weight excluding hydrogens is 494 g/mol. The number of carbonyl (C=O) groups is 2. The minimum absolute atomic E-state index is 0.100. The van der Waals surface area contributed by atoms with Gasteiger partial charge in [0.2, 0.25) is 0 Å². The van der Waals surface area contributed by atoms with Gasteiger partial charge in [-0.25, -0.2) is 9.59 Å². The van der Waals surface area contributed by atoms with E-state index in [1.165, 1.54) is 75.8 Å². The van der Waals surface area contributed by atoms with Gasteiger partial charge < -0.3 is 19.7 Å². The molecule has 3 rings (SSSR count). The van der Waals surface area contributed by atoms with E-state index >= 15 is 0 Å². The van der Waals surface area contributed by atoms with Gasteiger partial charge in [-0.2, -0.15) is 0 Å². The number of rotatable bonds is 14. The van der Waals surface area contributed by atoms with Crippen molar-refractivity contribution in [3.8, 4) is 22.8 Å². The molecule has 1 fully saturated rings. The molecule has 0 unspecified atom stereocenters. The lowest BCUT2D eigenvalue weighted by Gasteiger charge is -2.28. The number of aromatic nitrogens is 1. The molecule has 0 saturated heterocycles. The quantitative estimate of drug-likeness (QED) is 0.127. The molecule has 210 valence electrons. The Morgan fingerprint density at radius 1 is 0.872 bits per heavy atom. The summed E-state index contributed by atoms with van der Waals surface area (Å²) in [5, 5.41) is 18.4. The third-order valence-electron chi connectivity index (χ3n) is 7.38. The molecule has 0 atom stereocenters. The molecule has 7 nitrogen and oxygen atoms in total. The summed E-state index contributed by atoms with van der Waals surface area (Å²) in [5.41, 5.74) is 2.19. The summed E-state index contributed by atoms with van der Waals surface area (Å²) in [4.78, 5) is 29.0. The topological polar surface area (TPSA) is 106 Å². The maximum atomic E-state index is 12.2. The molecule has 1 aliphatic carbocycles. The average molecular weight is 536 g/mol. The third-order valence-corrected chi connectivity index (χ3v) is 7.38. The van der Waals surface area contributed by atoms with E-state index < -0.39 is 25.2 Å². The molecule has 2 N–H and O–H groups in total. The van der Waals surface area contributed by atoms with Gasteiger partial charge in [-0.1, -0.05) is 64.7 Å². The molecule has 0 aliphatic heterocycles. The molecule has 1 aromatic carbocycles. The predicted molar refractivity (Wildman–Crippen MR) is 151 cm³/mol. The van der Waals surface area contributed by atoms with E-state index in [2.05, 4.69) is 31.1 Å². The van der Waals surface area contributed by atoms with Crippen LogP contribution >= 0.6 is 0 Å². The van der Waals surface area contributed by atoms with Crippen molar-refractivity contribution in [2.45, 2.75) is 77.0 Å². The van der Waals surface area contributed by atoms with Crippen molar-refractivity contribution in [1.29, 1.82) is 0 Å². The first-order valence-electron chi connectivity index (χ1n) is 14.0.